The number of hydrogen-bond acceptors (Lipinski definition) is 10. The fraction of sp³-hybridized carbons (Fsp3) is 0.750. The third-order valence-electron chi connectivity index (χ3n) is 12.8. The first-order chi connectivity index (χ1) is 20.5. The molecule has 5 aliphatic carbocycles. The summed E-state index contributed by atoms with van der Waals surface area (Å²) < 4.78 is 18.1. The third kappa shape index (κ3) is 3.39. The fourth-order valence-electron chi connectivity index (χ4n) is 11.7. The third-order valence-corrected chi connectivity index (χ3v) is 12.8. The van der Waals surface area contributed by atoms with Crippen molar-refractivity contribution in [2.75, 3.05) is 39.2 Å². The minimum atomic E-state index is -1.81. The second-order valence-electron chi connectivity index (χ2n) is 14.1. The van der Waals surface area contributed by atoms with Crippen LogP contribution in [0.1, 0.15) is 49.9 Å². The first kappa shape index (κ1) is 29.6. The van der Waals surface area contributed by atoms with E-state index in [4.69, 9.17) is 14.2 Å². The second kappa shape index (κ2) is 9.69. The number of esters is 1. The van der Waals surface area contributed by atoms with Gasteiger partial charge in [0.05, 0.1) is 48.3 Å². The van der Waals surface area contributed by atoms with Crippen molar-refractivity contribution in [2.45, 2.75) is 81.2 Å². The van der Waals surface area contributed by atoms with Crippen LogP contribution in [0.5, 0.6) is 0 Å². The molecular weight excluding hydrogens is 556 g/mol. The van der Waals surface area contributed by atoms with E-state index in [1.807, 2.05) is 6.92 Å². The van der Waals surface area contributed by atoms with Gasteiger partial charge in [0, 0.05) is 62.7 Å². The monoisotopic (exact) mass is 600 g/mol. The Kier molecular flexibility index (Phi) is 6.67. The number of likely N-dealkylation sites (N-methyl/N-ethyl adjacent to an activating group) is 1. The second-order valence-corrected chi connectivity index (χ2v) is 14.1. The summed E-state index contributed by atoms with van der Waals surface area (Å²) in [4.78, 5) is 27.5. The zero-order valence-electron chi connectivity index (χ0n) is 25.2. The number of anilines is 1. The minimum absolute atomic E-state index is 0.0149. The number of likely N-dealkylation sites (tertiary alicyclic amines) is 1. The van der Waals surface area contributed by atoms with E-state index < -0.39 is 70.3 Å². The van der Waals surface area contributed by atoms with Gasteiger partial charge in [-0.25, -0.2) is 4.79 Å². The van der Waals surface area contributed by atoms with Gasteiger partial charge >= 0.3 is 5.97 Å². The molecule has 1 spiro atoms. The van der Waals surface area contributed by atoms with Crippen LogP contribution in [-0.2, 0) is 19.0 Å². The zero-order valence-corrected chi connectivity index (χ0v) is 25.2. The molecule has 5 saturated carbocycles. The number of nitrogens with one attached hydrogen (secondary N) is 1. The number of aliphatic hydroxyl groups excluding tert-OH is 2. The van der Waals surface area contributed by atoms with Crippen LogP contribution in [0.4, 0.5) is 5.69 Å². The Morgan fingerprint density at radius 2 is 1.88 bits per heavy atom. The van der Waals surface area contributed by atoms with Crippen molar-refractivity contribution in [3.8, 4) is 0 Å². The van der Waals surface area contributed by atoms with E-state index in [9.17, 15) is 30.0 Å². The number of ether oxygens (including phenoxy) is 3. The predicted octanol–water partition coefficient (Wildman–Crippen LogP) is 0.786. The lowest BCUT2D eigenvalue weighted by Crippen LogP contribution is -2.82. The van der Waals surface area contributed by atoms with E-state index in [-0.39, 0.29) is 36.3 Å². The largest absolute Gasteiger partial charge is 0.461 e. The smallest absolute Gasteiger partial charge is 0.340 e. The minimum Gasteiger partial charge on any atom is -0.461 e. The van der Waals surface area contributed by atoms with Crippen molar-refractivity contribution < 1.29 is 44.2 Å². The Balaban J connectivity index is 1.35. The van der Waals surface area contributed by atoms with Crippen LogP contribution in [0.15, 0.2) is 24.3 Å². The van der Waals surface area contributed by atoms with Gasteiger partial charge in [-0.3, -0.25) is 9.69 Å². The molecule has 6 aliphatic rings. The van der Waals surface area contributed by atoms with Gasteiger partial charge in [0.2, 0.25) is 5.91 Å². The summed E-state index contributed by atoms with van der Waals surface area (Å²) in [6, 6.07) is 6.08. The maximum atomic E-state index is 13.6. The number of piperidine rings is 1. The van der Waals surface area contributed by atoms with Crippen LogP contribution in [0.2, 0.25) is 0 Å². The van der Waals surface area contributed by atoms with E-state index in [2.05, 4.69) is 10.2 Å². The maximum Gasteiger partial charge on any atom is 0.340 e. The van der Waals surface area contributed by atoms with Crippen LogP contribution >= 0.6 is 0 Å². The van der Waals surface area contributed by atoms with E-state index in [0.717, 1.165) is 0 Å². The highest BCUT2D eigenvalue weighted by molar-refractivity contribution is 6.00. The number of carbonyl (C=O) groups excluding carboxylic acids is 2. The number of fused-ring (bicyclic) bond motifs is 2. The molecule has 11 heteroatoms. The average Bonchev–Trinajstić information content (AvgIpc) is 3.35. The lowest BCUT2D eigenvalue weighted by molar-refractivity contribution is -0.317. The number of nitrogens with zero attached hydrogens (tertiary/aromatic N) is 1. The molecule has 7 bridgehead atoms. The molecule has 1 aromatic rings. The molecule has 43 heavy (non-hydrogen) atoms. The molecule has 1 aromatic carbocycles. The lowest BCUT2D eigenvalue weighted by atomic mass is 9.42. The van der Waals surface area contributed by atoms with Crippen molar-refractivity contribution in [2.24, 2.45) is 34.5 Å². The number of amides is 1. The lowest BCUT2D eigenvalue weighted by Gasteiger charge is -2.69. The number of rotatable bonds is 7. The molecule has 7 rings (SSSR count). The van der Waals surface area contributed by atoms with Crippen LogP contribution in [0.25, 0.3) is 0 Å². The summed E-state index contributed by atoms with van der Waals surface area (Å²) in [5, 5.41) is 52.3. The molecule has 1 heterocycles. The molecule has 0 unspecified atom stereocenters. The zero-order chi connectivity index (χ0) is 30.7. The van der Waals surface area contributed by atoms with Gasteiger partial charge in [-0.05, 0) is 43.9 Å². The fourth-order valence-corrected chi connectivity index (χ4v) is 11.7. The highest BCUT2D eigenvalue weighted by Gasteiger charge is 2.91. The number of aliphatic hydroxyl groups is 4. The van der Waals surface area contributed by atoms with Gasteiger partial charge in [0.15, 0.2) is 0 Å². The van der Waals surface area contributed by atoms with Gasteiger partial charge in [-0.15, -0.1) is 0 Å². The molecule has 1 aliphatic heterocycles. The van der Waals surface area contributed by atoms with Crippen molar-refractivity contribution >= 4 is 17.6 Å². The summed E-state index contributed by atoms with van der Waals surface area (Å²) in [5.74, 6) is -2.50. The molecule has 13 atom stereocenters. The average molecular weight is 601 g/mol. The normalized spacial score (nSPS) is 49.1. The first-order valence-electron chi connectivity index (χ1n) is 15.6. The number of hydrogen-bond donors (Lipinski definition) is 5. The van der Waals surface area contributed by atoms with Crippen LogP contribution in [0.3, 0.4) is 0 Å². The Bertz CT molecular complexity index is 1330. The van der Waals surface area contributed by atoms with Gasteiger partial charge in [-0.1, -0.05) is 19.1 Å². The highest BCUT2D eigenvalue weighted by Crippen LogP contribution is 2.80. The van der Waals surface area contributed by atoms with Crippen LogP contribution < -0.4 is 5.32 Å². The summed E-state index contributed by atoms with van der Waals surface area (Å²) >= 11 is 0. The van der Waals surface area contributed by atoms with Crippen molar-refractivity contribution in [3.05, 3.63) is 29.8 Å². The van der Waals surface area contributed by atoms with Gasteiger partial charge in [0.1, 0.15) is 11.2 Å². The molecule has 6 fully saturated rings. The Morgan fingerprint density at radius 3 is 2.56 bits per heavy atom. The van der Waals surface area contributed by atoms with Gasteiger partial charge < -0.3 is 40.0 Å². The number of benzene rings is 1. The molecule has 5 N–H and O–H groups in total. The van der Waals surface area contributed by atoms with Crippen molar-refractivity contribution in [3.63, 3.8) is 0 Å². The van der Waals surface area contributed by atoms with Crippen LogP contribution in [-0.4, -0.2) is 113 Å². The van der Waals surface area contributed by atoms with E-state index in [1.165, 1.54) is 14.0 Å². The van der Waals surface area contributed by atoms with E-state index in [0.29, 0.717) is 38.0 Å². The van der Waals surface area contributed by atoms with E-state index >= 15 is 0 Å². The molecule has 11 nitrogen and oxygen atoms in total. The summed E-state index contributed by atoms with van der Waals surface area (Å²) in [5.41, 5.74) is -4.53. The molecule has 1 saturated heterocycles. The standard InChI is InChI=1S/C32H44N2O9/c1-5-34-14-29(15-43-27(38)17-8-6-7-9-20(17)33-16(2)35)11-10-22(36)31-19-12-18-21(41-3)13-30(39,23(19)24(18)37)32(40,28(31)34)26(42-4)25(29)31/h6-9,18-19,21-26,28,36-37,39-40H,5,10-15H2,1-4H3,(H,33,35)/t18-,19-,21+,22+,23-,24+,25-,26+,28+,29+,30-,31+,32-/m1/s1. The number of carbonyl (C=O) groups is 2. The number of methoxy groups -OCH3 is 2. The highest BCUT2D eigenvalue weighted by atomic mass is 16.5. The summed E-state index contributed by atoms with van der Waals surface area (Å²) in [6.07, 6.45) is -1.34. The Morgan fingerprint density at radius 1 is 1.14 bits per heavy atom. The SMILES string of the molecule is CCN1C[C@]2(COC(=O)c3ccccc3NC(C)=O)CC[C@H](O)[C@@]34[C@@H]5C[C@H]6[C@H](O)[C@@H]5[C@](O)(C[C@@H]6OC)[C@@](O)([C@@H](OC)[C@H]23)[C@@H]14. The summed E-state index contributed by atoms with van der Waals surface area (Å²) in [6.45, 7) is 4.42. The van der Waals surface area contributed by atoms with Crippen LogP contribution in [0, 0.1) is 34.5 Å². The topological polar surface area (TPSA) is 158 Å². The molecule has 0 aromatic heterocycles. The van der Waals surface area contributed by atoms with E-state index in [1.54, 1.807) is 31.4 Å². The Hall–Kier alpha value is -2.12. The van der Waals surface area contributed by atoms with Gasteiger partial charge in [0.25, 0.3) is 0 Å². The number of para-hydroxylation sites is 1. The van der Waals surface area contributed by atoms with Crippen molar-refractivity contribution in [1.29, 1.82) is 0 Å². The quantitative estimate of drug-likeness (QED) is 0.283. The first-order valence-corrected chi connectivity index (χ1v) is 15.6. The molecule has 236 valence electrons. The Labute approximate surface area is 251 Å². The van der Waals surface area contributed by atoms with Crippen molar-refractivity contribution in [1.82, 2.24) is 4.90 Å². The molecule has 1 amide bonds. The maximum absolute atomic E-state index is 13.6. The summed E-state index contributed by atoms with van der Waals surface area (Å²) in [7, 11) is 3.11. The predicted molar refractivity (Wildman–Crippen MR) is 153 cm³/mol. The molecule has 0 radical (unpaired) electrons. The molecular formula is C32H44N2O9. The van der Waals surface area contributed by atoms with Gasteiger partial charge in [-0.2, -0.15) is 0 Å².